The molecule has 11 heteroatoms. The number of anilines is 2. The molecule has 2 aliphatic rings. The number of rotatable bonds is 4. The predicted octanol–water partition coefficient (Wildman–Crippen LogP) is 1.42. The molecular weight excluding hydrogens is 455 g/mol. The average molecular weight is 483 g/mol. The van der Waals surface area contributed by atoms with Gasteiger partial charge in [0.05, 0.1) is 22.8 Å². The minimum atomic E-state index is -1.48. The van der Waals surface area contributed by atoms with E-state index in [0.717, 1.165) is 31.9 Å². The van der Waals surface area contributed by atoms with Gasteiger partial charge in [-0.2, -0.15) is 0 Å². The van der Waals surface area contributed by atoms with Crippen LogP contribution in [0.25, 0.3) is 11.0 Å². The molecule has 3 heterocycles. The number of piperazine rings is 1. The number of hydrogen-bond donors (Lipinski definition) is 3. The smallest absolute Gasteiger partial charge is 0.360 e. The van der Waals surface area contributed by atoms with E-state index in [0.29, 0.717) is 16.1 Å². The molecule has 0 saturated carbocycles. The monoisotopic (exact) mass is 482 g/mol. The number of aliphatic hydroxyl groups is 1. The van der Waals surface area contributed by atoms with Gasteiger partial charge in [0.2, 0.25) is 0 Å². The Morgan fingerprint density at radius 1 is 1.26 bits per heavy atom. The highest BCUT2D eigenvalue weighted by atomic mass is 19.1. The number of benzene rings is 2. The number of hydroxylamine groups is 1. The third-order valence-electron chi connectivity index (χ3n) is 6.58. The largest absolute Gasteiger partial charge is 0.382 e. The summed E-state index contributed by atoms with van der Waals surface area (Å²) in [5, 5.41) is 10.3. The Morgan fingerprint density at radius 2 is 2.00 bits per heavy atom. The number of imidazole rings is 1. The highest BCUT2D eigenvalue weighted by molar-refractivity contribution is 6.01. The van der Waals surface area contributed by atoms with Gasteiger partial charge < -0.3 is 30.5 Å². The van der Waals surface area contributed by atoms with Crippen LogP contribution in [0.1, 0.15) is 30.3 Å². The summed E-state index contributed by atoms with van der Waals surface area (Å²) < 4.78 is 14.9. The van der Waals surface area contributed by atoms with Crippen molar-refractivity contribution in [2.24, 2.45) is 5.73 Å². The van der Waals surface area contributed by atoms with Crippen molar-refractivity contribution in [2.75, 3.05) is 43.2 Å². The highest BCUT2D eigenvalue weighted by Crippen LogP contribution is 2.42. The summed E-state index contributed by atoms with van der Waals surface area (Å²) in [6.07, 6.45) is -1.48. The van der Waals surface area contributed by atoms with Crippen LogP contribution in [0.15, 0.2) is 36.4 Å². The fourth-order valence-corrected chi connectivity index (χ4v) is 4.57. The predicted molar refractivity (Wildman–Crippen MR) is 127 cm³/mol. The molecule has 1 fully saturated rings. The van der Waals surface area contributed by atoms with Gasteiger partial charge in [-0.05, 0) is 44.3 Å². The third kappa shape index (κ3) is 4.11. The van der Waals surface area contributed by atoms with Crippen LogP contribution < -0.4 is 15.7 Å². The number of aromatic nitrogens is 2. The van der Waals surface area contributed by atoms with Gasteiger partial charge in [-0.3, -0.25) is 4.79 Å². The number of nitrogens with one attached hydrogen (secondary N) is 1. The van der Waals surface area contributed by atoms with E-state index in [2.05, 4.69) is 26.8 Å². The van der Waals surface area contributed by atoms with Gasteiger partial charge in [-0.1, -0.05) is 6.07 Å². The lowest BCUT2D eigenvalue weighted by molar-refractivity contribution is -0.158. The van der Waals surface area contributed by atoms with E-state index < -0.39 is 35.8 Å². The van der Waals surface area contributed by atoms with Crippen molar-refractivity contribution in [3.8, 4) is 0 Å². The number of fused-ring (bicyclic) bond motifs is 2. The van der Waals surface area contributed by atoms with E-state index in [9.17, 15) is 19.1 Å². The Bertz CT molecular complexity index is 1290. The number of likely N-dealkylation sites (N-methyl/N-ethyl adjacent to an activating group) is 1. The number of amides is 1. The molecule has 5 rings (SSSR count). The molecule has 35 heavy (non-hydrogen) atoms. The fourth-order valence-electron chi connectivity index (χ4n) is 4.57. The molecule has 1 aromatic heterocycles. The molecular formula is C24H27FN6O4. The molecule has 1 amide bonds. The Hall–Kier alpha value is -3.54. The summed E-state index contributed by atoms with van der Waals surface area (Å²) >= 11 is 0. The van der Waals surface area contributed by atoms with E-state index in [4.69, 9.17) is 10.6 Å². The normalized spacial score (nSPS) is 21.8. The van der Waals surface area contributed by atoms with Crippen LogP contribution in [0.2, 0.25) is 0 Å². The van der Waals surface area contributed by atoms with Gasteiger partial charge in [0.15, 0.2) is 6.10 Å². The van der Waals surface area contributed by atoms with Crippen LogP contribution in [0.5, 0.6) is 0 Å². The molecule has 184 valence electrons. The third-order valence-corrected chi connectivity index (χ3v) is 6.58. The second-order valence-electron chi connectivity index (χ2n) is 9.01. The average Bonchev–Trinajstić information content (AvgIpc) is 3.24. The van der Waals surface area contributed by atoms with Crippen molar-refractivity contribution in [1.29, 1.82) is 0 Å². The number of halogens is 1. The summed E-state index contributed by atoms with van der Waals surface area (Å²) in [5.74, 6) is -3.29. The van der Waals surface area contributed by atoms with Crippen molar-refractivity contribution in [3.63, 3.8) is 0 Å². The molecule has 1 saturated heterocycles. The van der Waals surface area contributed by atoms with Crippen LogP contribution >= 0.6 is 0 Å². The number of carbonyl (C=O) groups excluding carboxylic acids is 2. The first-order valence-corrected chi connectivity index (χ1v) is 11.5. The summed E-state index contributed by atoms with van der Waals surface area (Å²) in [7, 11) is 2.09. The van der Waals surface area contributed by atoms with Gasteiger partial charge in [0.25, 0.3) is 5.91 Å². The van der Waals surface area contributed by atoms with Gasteiger partial charge in [-0.15, -0.1) is 5.06 Å². The molecule has 0 spiro atoms. The molecule has 0 bridgehead atoms. The summed E-state index contributed by atoms with van der Waals surface area (Å²) in [6, 6.07) is 8.78. The van der Waals surface area contributed by atoms with Crippen LogP contribution in [-0.4, -0.2) is 71.2 Å². The molecule has 10 nitrogen and oxygen atoms in total. The van der Waals surface area contributed by atoms with Gasteiger partial charge >= 0.3 is 5.97 Å². The summed E-state index contributed by atoms with van der Waals surface area (Å²) in [6.45, 7) is 4.93. The van der Waals surface area contributed by atoms with Crippen molar-refractivity contribution >= 4 is 34.3 Å². The van der Waals surface area contributed by atoms with Crippen molar-refractivity contribution in [3.05, 3.63) is 53.6 Å². The first-order chi connectivity index (χ1) is 16.7. The van der Waals surface area contributed by atoms with E-state index >= 15 is 0 Å². The van der Waals surface area contributed by atoms with E-state index in [1.165, 1.54) is 25.1 Å². The summed E-state index contributed by atoms with van der Waals surface area (Å²) in [4.78, 5) is 43.0. The van der Waals surface area contributed by atoms with Gasteiger partial charge in [-0.25, -0.2) is 14.2 Å². The number of nitrogens with zero attached hydrogens (tertiary/aromatic N) is 4. The van der Waals surface area contributed by atoms with Crippen molar-refractivity contribution < 1.29 is 23.9 Å². The second-order valence-corrected chi connectivity index (χ2v) is 9.01. The number of carbonyl (C=O) groups is 2. The minimum Gasteiger partial charge on any atom is -0.382 e. The molecule has 0 aliphatic carbocycles. The zero-order valence-electron chi connectivity index (χ0n) is 19.4. The van der Waals surface area contributed by atoms with E-state index in [1.54, 1.807) is 0 Å². The molecule has 0 radical (unpaired) electrons. The number of aromatic amines is 1. The van der Waals surface area contributed by atoms with Crippen molar-refractivity contribution in [1.82, 2.24) is 14.9 Å². The number of nitrogens with two attached hydrogens (primary N) is 1. The SMILES string of the molecule is CC(O)C(=O)ON1C(=O)C(c2nc3ccc(N4CCN(C)CC4)cc3[nH]2)C(N)c2c(F)cccc21. The fraction of sp³-hybridized carbons (Fsp3) is 0.375. The Labute approximate surface area is 201 Å². The molecule has 3 atom stereocenters. The Morgan fingerprint density at radius 3 is 2.71 bits per heavy atom. The molecule has 2 aromatic carbocycles. The van der Waals surface area contributed by atoms with Crippen LogP contribution in [-0.2, 0) is 14.4 Å². The van der Waals surface area contributed by atoms with Gasteiger partial charge in [0.1, 0.15) is 17.6 Å². The molecule has 3 aromatic rings. The topological polar surface area (TPSA) is 128 Å². The van der Waals surface area contributed by atoms with Crippen LogP contribution in [0, 0.1) is 5.82 Å². The standard InChI is InChI=1S/C24H27FN6O4/c1-13(32)24(34)35-31-18-5-3-4-15(25)19(18)21(26)20(23(31)33)22-27-16-7-6-14(12-17(16)28-22)30-10-8-29(2)9-11-30/h3-7,12-13,20-21,32H,8-11,26H2,1-2H3,(H,27,28). The lowest BCUT2D eigenvalue weighted by Crippen LogP contribution is -2.47. The Balaban J connectivity index is 1.52. The van der Waals surface area contributed by atoms with E-state index in [1.807, 2.05) is 18.2 Å². The summed E-state index contributed by atoms with van der Waals surface area (Å²) in [5.41, 5.74) is 8.81. The second kappa shape index (κ2) is 8.91. The highest BCUT2D eigenvalue weighted by Gasteiger charge is 2.45. The zero-order chi connectivity index (χ0) is 24.9. The minimum absolute atomic E-state index is 0.0150. The maximum absolute atomic E-state index is 14.9. The molecule has 2 aliphatic heterocycles. The first-order valence-electron chi connectivity index (χ1n) is 11.5. The van der Waals surface area contributed by atoms with Crippen LogP contribution in [0.4, 0.5) is 15.8 Å². The Kier molecular flexibility index (Phi) is 5.91. The van der Waals surface area contributed by atoms with Gasteiger partial charge in [0, 0.05) is 37.4 Å². The number of H-pyrrole nitrogens is 1. The lowest BCUT2D eigenvalue weighted by atomic mass is 9.87. The maximum atomic E-state index is 14.9. The molecule has 4 N–H and O–H groups in total. The van der Waals surface area contributed by atoms with E-state index in [-0.39, 0.29) is 17.1 Å². The number of hydrogen-bond acceptors (Lipinski definition) is 8. The lowest BCUT2D eigenvalue weighted by Gasteiger charge is -2.35. The maximum Gasteiger partial charge on any atom is 0.360 e. The molecule has 3 unspecified atom stereocenters. The number of aliphatic hydroxyl groups excluding tert-OH is 1. The van der Waals surface area contributed by atoms with Crippen molar-refractivity contribution in [2.45, 2.75) is 25.0 Å². The quantitative estimate of drug-likeness (QED) is 0.510. The van der Waals surface area contributed by atoms with Crippen LogP contribution in [0.3, 0.4) is 0 Å². The zero-order valence-corrected chi connectivity index (χ0v) is 19.4. The first kappa shape index (κ1) is 23.2.